The smallest absolute Gasteiger partial charge is 0.237 e. The van der Waals surface area contributed by atoms with E-state index in [9.17, 15) is 13.2 Å². The number of carbonyl (C=O) groups excluding carboxylic acids is 1. The molecule has 0 radical (unpaired) electrons. The Balaban J connectivity index is 1.27. The molecule has 2 saturated carbocycles. The molecular weight excluding hydrogens is 390 g/mol. The molecule has 29 heavy (non-hydrogen) atoms. The van der Waals surface area contributed by atoms with Crippen LogP contribution in [0.5, 0.6) is 5.88 Å². The lowest BCUT2D eigenvalue weighted by Crippen LogP contribution is -2.44. The van der Waals surface area contributed by atoms with E-state index in [4.69, 9.17) is 4.74 Å². The molecule has 7 nitrogen and oxygen atoms in total. The minimum absolute atomic E-state index is 0.0386. The van der Waals surface area contributed by atoms with Gasteiger partial charge in [0.2, 0.25) is 21.8 Å². The lowest BCUT2D eigenvalue weighted by Gasteiger charge is -2.35. The lowest BCUT2D eigenvalue weighted by atomic mass is 9.88. The maximum Gasteiger partial charge on any atom is 0.237 e. The fraction of sp³-hybridized carbons (Fsp3) is 0.714. The van der Waals surface area contributed by atoms with E-state index in [-0.39, 0.29) is 17.3 Å². The number of hydrogen-bond donors (Lipinski definition) is 0. The predicted molar refractivity (Wildman–Crippen MR) is 111 cm³/mol. The number of likely N-dealkylation sites (tertiary alicyclic amines) is 1. The molecule has 0 aromatic carbocycles. The van der Waals surface area contributed by atoms with Gasteiger partial charge in [-0.3, -0.25) is 9.10 Å². The van der Waals surface area contributed by atoms with Crippen LogP contribution in [-0.2, 0) is 14.8 Å². The summed E-state index contributed by atoms with van der Waals surface area (Å²) in [6.07, 6.45) is 10.4. The quantitative estimate of drug-likeness (QED) is 0.706. The van der Waals surface area contributed by atoms with Crippen LogP contribution < -0.4 is 9.04 Å². The summed E-state index contributed by atoms with van der Waals surface area (Å²) in [6.45, 7) is 1.47. The maximum atomic E-state index is 12.7. The molecule has 0 spiro atoms. The fourth-order valence-electron chi connectivity index (χ4n) is 4.34. The van der Waals surface area contributed by atoms with E-state index < -0.39 is 10.0 Å². The van der Waals surface area contributed by atoms with Gasteiger partial charge < -0.3 is 9.64 Å². The average Bonchev–Trinajstić information content (AvgIpc) is 3.61. The van der Waals surface area contributed by atoms with Crippen molar-refractivity contribution in [3.63, 3.8) is 0 Å². The Bertz CT molecular complexity index is 809. The van der Waals surface area contributed by atoms with Gasteiger partial charge >= 0.3 is 0 Å². The van der Waals surface area contributed by atoms with Gasteiger partial charge in [0.15, 0.2) is 0 Å². The fourth-order valence-corrected chi connectivity index (χ4v) is 5.92. The Hall–Kier alpha value is -1.83. The molecule has 1 amide bonds. The van der Waals surface area contributed by atoms with Crippen LogP contribution in [0, 0.1) is 5.92 Å². The van der Waals surface area contributed by atoms with Crippen molar-refractivity contribution in [1.29, 1.82) is 0 Å². The highest BCUT2D eigenvalue weighted by molar-refractivity contribution is 7.93. The number of pyridine rings is 1. The van der Waals surface area contributed by atoms with Crippen molar-refractivity contribution in [2.45, 2.75) is 69.1 Å². The van der Waals surface area contributed by atoms with Crippen molar-refractivity contribution >= 4 is 21.6 Å². The normalized spacial score (nSPS) is 21.8. The van der Waals surface area contributed by atoms with Gasteiger partial charge in [0.1, 0.15) is 6.10 Å². The van der Waals surface area contributed by atoms with Crippen LogP contribution >= 0.6 is 0 Å². The standard InChI is InChI=1S/C21H31N3O4S/c1-23(29(26,27)19-8-9-19)17-7-10-20(22-15-17)28-18-11-13-24(14-12-18)21(25)16-5-3-2-4-6-16/h7,10,15-16,18-19H,2-6,8-9,11-14H2,1H3. The number of nitrogens with zero attached hydrogens (tertiary/aromatic N) is 3. The number of anilines is 1. The highest BCUT2D eigenvalue weighted by Gasteiger charge is 2.39. The van der Waals surface area contributed by atoms with Gasteiger partial charge in [0.25, 0.3) is 0 Å². The number of sulfonamides is 1. The molecule has 1 aromatic heterocycles. The first-order chi connectivity index (χ1) is 13.9. The molecule has 2 heterocycles. The number of hydrogen-bond acceptors (Lipinski definition) is 5. The zero-order valence-corrected chi connectivity index (χ0v) is 17.9. The third-order valence-corrected chi connectivity index (χ3v) is 8.70. The summed E-state index contributed by atoms with van der Waals surface area (Å²) >= 11 is 0. The summed E-state index contributed by atoms with van der Waals surface area (Å²) in [4.78, 5) is 19.0. The third-order valence-electron chi connectivity index (χ3n) is 6.41. The van der Waals surface area contributed by atoms with E-state index in [0.717, 1.165) is 51.6 Å². The van der Waals surface area contributed by atoms with E-state index in [1.165, 1.54) is 23.6 Å². The first kappa shape index (κ1) is 20.4. The van der Waals surface area contributed by atoms with Crippen LogP contribution in [0.4, 0.5) is 5.69 Å². The maximum absolute atomic E-state index is 12.7. The van der Waals surface area contributed by atoms with Crippen LogP contribution in [0.15, 0.2) is 18.3 Å². The lowest BCUT2D eigenvalue weighted by molar-refractivity contribution is -0.138. The summed E-state index contributed by atoms with van der Waals surface area (Å²) < 4.78 is 32.0. The number of carbonyl (C=O) groups is 1. The van der Waals surface area contributed by atoms with E-state index in [1.807, 2.05) is 4.90 Å². The summed E-state index contributed by atoms with van der Waals surface area (Å²) in [6, 6.07) is 3.47. The Labute approximate surface area is 173 Å². The Kier molecular flexibility index (Phi) is 5.99. The number of amides is 1. The highest BCUT2D eigenvalue weighted by atomic mass is 32.2. The van der Waals surface area contributed by atoms with Crippen molar-refractivity contribution in [3.05, 3.63) is 18.3 Å². The molecule has 160 valence electrons. The molecule has 8 heteroatoms. The van der Waals surface area contributed by atoms with Crippen LogP contribution in [0.1, 0.15) is 57.8 Å². The number of rotatable bonds is 6. The zero-order valence-electron chi connectivity index (χ0n) is 17.1. The summed E-state index contributed by atoms with van der Waals surface area (Å²) in [7, 11) is -1.69. The van der Waals surface area contributed by atoms with Gasteiger partial charge in [0.05, 0.1) is 17.1 Å². The first-order valence-corrected chi connectivity index (χ1v) is 12.3. The molecule has 3 fully saturated rings. The van der Waals surface area contributed by atoms with Gasteiger partial charge in [-0.05, 0) is 31.7 Å². The van der Waals surface area contributed by atoms with Crippen molar-refractivity contribution < 1.29 is 17.9 Å². The molecule has 0 bridgehead atoms. The second-order valence-corrected chi connectivity index (χ2v) is 10.8. The van der Waals surface area contributed by atoms with E-state index >= 15 is 0 Å². The van der Waals surface area contributed by atoms with Gasteiger partial charge in [-0.25, -0.2) is 13.4 Å². The monoisotopic (exact) mass is 421 g/mol. The van der Waals surface area contributed by atoms with Crippen molar-refractivity contribution in [2.24, 2.45) is 5.92 Å². The van der Waals surface area contributed by atoms with Crippen LogP contribution in [0.3, 0.4) is 0 Å². The molecule has 1 aromatic rings. The van der Waals surface area contributed by atoms with Gasteiger partial charge in [-0.15, -0.1) is 0 Å². The van der Waals surface area contributed by atoms with Crippen LogP contribution in [0.25, 0.3) is 0 Å². The third kappa shape index (κ3) is 4.68. The van der Waals surface area contributed by atoms with Crippen molar-refractivity contribution in [2.75, 3.05) is 24.4 Å². The number of aromatic nitrogens is 1. The van der Waals surface area contributed by atoms with Gasteiger partial charge in [0, 0.05) is 45.0 Å². The van der Waals surface area contributed by atoms with E-state index in [0.29, 0.717) is 17.5 Å². The summed E-state index contributed by atoms with van der Waals surface area (Å²) in [5, 5.41) is -0.245. The second kappa shape index (κ2) is 8.50. The van der Waals surface area contributed by atoms with Crippen molar-refractivity contribution in [3.8, 4) is 5.88 Å². The largest absolute Gasteiger partial charge is 0.474 e. The highest BCUT2D eigenvalue weighted by Crippen LogP contribution is 2.33. The summed E-state index contributed by atoms with van der Waals surface area (Å²) in [5.41, 5.74) is 0.553. The van der Waals surface area contributed by atoms with E-state index in [2.05, 4.69) is 4.98 Å². The number of piperidine rings is 1. The molecule has 1 saturated heterocycles. The van der Waals surface area contributed by atoms with Gasteiger partial charge in [-0.2, -0.15) is 0 Å². The Morgan fingerprint density at radius 1 is 1.07 bits per heavy atom. The minimum Gasteiger partial charge on any atom is -0.474 e. The molecule has 2 aliphatic carbocycles. The molecule has 4 rings (SSSR count). The summed E-state index contributed by atoms with van der Waals surface area (Å²) in [5.74, 6) is 1.05. The molecule has 0 unspecified atom stereocenters. The molecule has 0 atom stereocenters. The second-order valence-electron chi connectivity index (χ2n) is 8.54. The average molecular weight is 422 g/mol. The zero-order chi connectivity index (χ0) is 20.4. The molecule has 1 aliphatic heterocycles. The first-order valence-electron chi connectivity index (χ1n) is 10.8. The molecule has 3 aliphatic rings. The SMILES string of the molecule is CN(c1ccc(OC2CCN(C(=O)C3CCCCC3)CC2)nc1)S(=O)(=O)C1CC1. The predicted octanol–water partition coefficient (Wildman–Crippen LogP) is 2.96. The van der Waals surface area contributed by atoms with Gasteiger partial charge in [-0.1, -0.05) is 19.3 Å². The minimum atomic E-state index is -3.27. The van der Waals surface area contributed by atoms with Crippen molar-refractivity contribution in [1.82, 2.24) is 9.88 Å². The Morgan fingerprint density at radius 3 is 2.34 bits per heavy atom. The van der Waals surface area contributed by atoms with Crippen LogP contribution in [0.2, 0.25) is 0 Å². The topological polar surface area (TPSA) is 79.8 Å². The Morgan fingerprint density at radius 2 is 1.76 bits per heavy atom. The number of ether oxygens (including phenoxy) is 1. The molecular formula is C21H31N3O4S. The molecule has 0 N–H and O–H groups in total. The van der Waals surface area contributed by atoms with E-state index in [1.54, 1.807) is 25.4 Å². The van der Waals surface area contributed by atoms with Crippen LogP contribution in [-0.4, -0.2) is 55.7 Å².